The fourth-order valence-corrected chi connectivity index (χ4v) is 1.67. The maximum atomic E-state index is 10.8. The molecule has 0 saturated carbocycles. The van der Waals surface area contributed by atoms with E-state index in [-0.39, 0.29) is 6.54 Å². The number of hydrogen-bond acceptors (Lipinski definition) is 4. The van der Waals surface area contributed by atoms with E-state index in [0.29, 0.717) is 26.4 Å². The molecule has 1 N–H and O–H groups in total. The first-order chi connectivity index (χ1) is 8.24. The molecule has 0 atom stereocenters. The zero-order valence-corrected chi connectivity index (χ0v) is 9.44. The Morgan fingerprint density at radius 2 is 1.71 bits per heavy atom. The standard InChI is InChI=1S/C10H14N5O2/c16-10(17)7-13(8-14-5-1-3-11-14)9-15-6-2-4-12-15/h1-2,5-6H,3-4,7-9H2/q+1/p+1. The lowest BCUT2D eigenvalue weighted by atomic mass is 10.5. The van der Waals surface area contributed by atoms with Crippen LogP contribution in [0.5, 0.6) is 0 Å². The lowest BCUT2D eigenvalue weighted by Crippen LogP contribution is -2.38. The molecule has 0 fully saturated rings. The Bertz CT molecular complexity index is 392. The smallest absolute Gasteiger partial charge is 0.318 e. The van der Waals surface area contributed by atoms with Crippen molar-refractivity contribution in [3.05, 3.63) is 24.6 Å². The van der Waals surface area contributed by atoms with Gasteiger partial charge in [0.25, 0.3) is 0 Å². The molecule has 2 aliphatic rings. The van der Waals surface area contributed by atoms with E-state index in [1.807, 2.05) is 24.6 Å². The van der Waals surface area contributed by atoms with Crippen molar-refractivity contribution in [3.8, 4) is 0 Å². The van der Waals surface area contributed by atoms with Crippen LogP contribution < -0.4 is 0 Å². The predicted molar refractivity (Wildman–Crippen MR) is 57.5 cm³/mol. The van der Waals surface area contributed by atoms with E-state index in [0.717, 1.165) is 0 Å². The molecule has 0 aromatic carbocycles. The van der Waals surface area contributed by atoms with Gasteiger partial charge in [0, 0.05) is 12.2 Å². The third-order valence-electron chi connectivity index (χ3n) is 2.34. The molecule has 0 aromatic rings. The van der Waals surface area contributed by atoms with Gasteiger partial charge in [-0.1, -0.05) is 9.39 Å². The number of carboxylic acid groups (broad SMARTS) is 1. The van der Waals surface area contributed by atoms with Crippen LogP contribution in [0.1, 0.15) is 0 Å². The number of nitrogens with zero attached hydrogens (tertiary/aromatic N) is 5. The van der Waals surface area contributed by atoms with Crippen LogP contribution in [-0.4, -0.2) is 58.3 Å². The minimum Gasteiger partial charge on any atom is -0.480 e. The van der Waals surface area contributed by atoms with Crippen molar-refractivity contribution in [1.82, 2.24) is 4.90 Å². The maximum Gasteiger partial charge on any atom is 0.318 e. The van der Waals surface area contributed by atoms with E-state index >= 15 is 0 Å². The minimum absolute atomic E-state index is 0.0281. The molecule has 0 aromatic heterocycles. The van der Waals surface area contributed by atoms with Gasteiger partial charge in [-0.15, -0.1) is 0 Å². The van der Waals surface area contributed by atoms with Crippen molar-refractivity contribution in [3.63, 3.8) is 0 Å². The van der Waals surface area contributed by atoms with E-state index in [4.69, 9.17) is 5.11 Å². The van der Waals surface area contributed by atoms with Crippen molar-refractivity contribution < 1.29 is 19.3 Å². The normalized spacial score (nSPS) is 17.7. The Hall–Kier alpha value is -1.89. The SMILES string of the molecule is O=C(O)CN(C[N+]1=NCC=C1)C[N+]1=NCC=C1. The first-order valence-corrected chi connectivity index (χ1v) is 5.39. The number of azo groups is 4. The molecule has 7 heteroatoms. The summed E-state index contributed by atoms with van der Waals surface area (Å²) in [4.78, 5) is 12.5. The van der Waals surface area contributed by atoms with Gasteiger partial charge in [-0.05, 0) is 10.2 Å². The Morgan fingerprint density at radius 1 is 1.18 bits per heavy atom. The summed E-state index contributed by atoms with van der Waals surface area (Å²) in [5.41, 5.74) is 0. The minimum atomic E-state index is -0.851. The summed E-state index contributed by atoms with van der Waals surface area (Å²) in [5.74, 6) is -0.851. The van der Waals surface area contributed by atoms with Gasteiger partial charge in [0.1, 0.15) is 19.6 Å². The zero-order valence-electron chi connectivity index (χ0n) is 9.44. The Morgan fingerprint density at radius 3 is 2.06 bits per heavy atom. The summed E-state index contributed by atoms with van der Waals surface area (Å²) in [6.45, 7) is 2.22. The highest BCUT2D eigenvalue weighted by Crippen LogP contribution is 2.00. The highest BCUT2D eigenvalue weighted by molar-refractivity contribution is 5.68. The Kier molecular flexibility index (Phi) is 3.71. The molecule has 0 amide bonds. The van der Waals surface area contributed by atoms with Crippen LogP contribution in [0.15, 0.2) is 34.8 Å². The quantitative estimate of drug-likeness (QED) is 0.674. The van der Waals surface area contributed by atoms with E-state index in [2.05, 4.69) is 10.2 Å². The summed E-state index contributed by atoms with van der Waals surface area (Å²) in [7, 11) is 0. The average molecular weight is 237 g/mol. The summed E-state index contributed by atoms with van der Waals surface area (Å²) in [5, 5.41) is 17.2. The summed E-state index contributed by atoms with van der Waals surface area (Å²) >= 11 is 0. The molecule has 0 bridgehead atoms. The topological polar surface area (TPSA) is 71.3 Å². The van der Waals surface area contributed by atoms with Crippen LogP contribution >= 0.6 is 0 Å². The molecule has 0 aliphatic carbocycles. The average Bonchev–Trinajstić information content (AvgIpc) is 2.89. The first kappa shape index (κ1) is 11.6. The highest BCUT2D eigenvalue weighted by Gasteiger charge is 2.23. The molecule has 0 unspecified atom stereocenters. The van der Waals surface area contributed by atoms with E-state index in [1.54, 1.807) is 14.3 Å². The van der Waals surface area contributed by atoms with Crippen molar-refractivity contribution in [2.75, 3.05) is 33.0 Å². The second kappa shape index (κ2) is 5.44. The van der Waals surface area contributed by atoms with Crippen LogP contribution in [0.3, 0.4) is 0 Å². The molecule has 2 rings (SSSR count). The molecule has 2 heterocycles. The summed E-state index contributed by atoms with van der Waals surface area (Å²) in [6, 6.07) is 0. The lowest BCUT2D eigenvalue weighted by molar-refractivity contribution is -0.587. The second-order valence-electron chi connectivity index (χ2n) is 3.80. The monoisotopic (exact) mass is 237 g/mol. The lowest BCUT2D eigenvalue weighted by Gasteiger charge is -2.10. The van der Waals surface area contributed by atoms with E-state index in [9.17, 15) is 4.79 Å². The zero-order chi connectivity index (χ0) is 12.1. The van der Waals surface area contributed by atoms with Gasteiger partial charge < -0.3 is 5.11 Å². The summed E-state index contributed by atoms with van der Waals surface area (Å²) < 4.78 is 3.48. The molecule has 0 spiro atoms. The number of aliphatic carboxylic acids is 1. The van der Waals surface area contributed by atoms with Gasteiger partial charge in [-0.25, -0.2) is 0 Å². The van der Waals surface area contributed by atoms with Gasteiger partial charge in [0.05, 0.1) is 0 Å². The number of rotatable bonds is 6. The molecule has 17 heavy (non-hydrogen) atoms. The van der Waals surface area contributed by atoms with Gasteiger partial charge >= 0.3 is 5.97 Å². The molecular formula is C10H15N5O2+2. The van der Waals surface area contributed by atoms with Crippen molar-refractivity contribution in [2.45, 2.75) is 0 Å². The van der Waals surface area contributed by atoms with Crippen molar-refractivity contribution in [1.29, 1.82) is 0 Å². The van der Waals surface area contributed by atoms with Crippen molar-refractivity contribution in [2.24, 2.45) is 10.2 Å². The number of carbonyl (C=O) groups is 1. The predicted octanol–water partition coefficient (Wildman–Crippen LogP) is 0.272. The third kappa shape index (κ3) is 3.56. The third-order valence-corrected chi connectivity index (χ3v) is 2.34. The Labute approximate surface area is 98.7 Å². The van der Waals surface area contributed by atoms with Gasteiger partial charge in [0.15, 0.2) is 12.4 Å². The number of hydrogen-bond donors (Lipinski definition) is 1. The van der Waals surface area contributed by atoms with Gasteiger partial charge in [-0.3, -0.25) is 4.79 Å². The molecule has 2 aliphatic heterocycles. The van der Waals surface area contributed by atoms with Crippen LogP contribution in [0.25, 0.3) is 0 Å². The van der Waals surface area contributed by atoms with Crippen LogP contribution in [0.2, 0.25) is 0 Å². The molecule has 0 radical (unpaired) electrons. The van der Waals surface area contributed by atoms with E-state index in [1.165, 1.54) is 0 Å². The fourth-order valence-electron chi connectivity index (χ4n) is 1.67. The summed E-state index contributed by atoms with van der Waals surface area (Å²) in [6.07, 6.45) is 7.57. The maximum absolute atomic E-state index is 10.8. The van der Waals surface area contributed by atoms with E-state index < -0.39 is 5.97 Å². The first-order valence-electron chi connectivity index (χ1n) is 5.39. The highest BCUT2D eigenvalue weighted by atomic mass is 16.4. The largest absolute Gasteiger partial charge is 0.480 e. The molecule has 0 saturated heterocycles. The van der Waals surface area contributed by atoms with Crippen LogP contribution in [-0.2, 0) is 4.79 Å². The van der Waals surface area contributed by atoms with Gasteiger partial charge in [-0.2, -0.15) is 4.90 Å². The number of carboxylic acids is 1. The Balaban J connectivity index is 1.94. The molecular weight excluding hydrogens is 222 g/mol. The van der Waals surface area contributed by atoms with Crippen LogP contribution in [0, 0.1) is 0 Å². The van der Waals surface area contributed by atoms with Gasteiger partial charge in [0.2, 0.25) is 13.3 Å². The molecule has 90 valence electrons. The van der Waals surface area contributed by atoms with Crippen LogP contribution in [0.4, 0.5) is 0 Å². The van der Waals surface area contributed by atoms with Crippen molar-refractivity contribution >= 4 is 5.97 Å². The molecule has 7 nitrogen and oxygen atoms in total. The fraction of sp³-hybridized carbons (Fsp3) is 0.500. The second-order valence-corrected chi connectivity index (χ2v) is 3.80.